The van der Waals surface area contributed by atoms with Crippen molar-refractivity contribution in [3.8, 4) is 0 Å². The number of quaternary nitrogens is 1. The van der Waals surface area contributed by atoms with E-state index in [1.165, 1.54) is 43.3 Å². The Balaban J connectivity index is 1.45. The number of carbonyl (C=O) groups is 2. The average molecular weight is 492 g/mol. The Kier molecular flexibility index (Phi) is 7.19. The molecule has 36 heavy (non-hydrogen) atoms. The summed E-state index contributed by atoms with van der Waals surface area (Å²) < 4.78 is 13.6. The van der Waals surface area contributed by atoms with Gasteiger partial charge in [-0.15, -0.1) is 0 Å². The minimum atomic E-state index is -1.72. The van der Waals surface area contributed by atoms with Gasteiger partial charge in [-0.3, -0.25) is 4.79 Å². The number of carbonyl (C=O) groups excluding carboxylic acids is 2. The van der Waals surface area contributed by atoms with Crippen LogP contribution in [0.2, 0.25) is 0 Å². The molecular formula is C29H35N2O5+. The summed E-state index contributed by atoms with van der Waals surface area (Å²) in [6.45, 7) is 2.52. The van der Waals surface area contributed by atoms with Gasteiger partial charge in [-0.1, -0.05) is 65.8 Å². The van der Waals surface area contributed by atoms with Crippen molar-refractivity contribution in [2.75, 3.05) is 19.6 Å². The second-order valence-corrected chi connectivity index (χ2v) is 10.5. The predicted octanol–water partition coefficient (Wildman–Crippen LogP) is 4.87. The van der Waals surface area contributed by atoms with Gasteiger partial charge in [0.1, 0.15) is 6.10 Å². The average Bonchev–Trinajstić information content (AvgIpc) is 3.45. The van der Waals surface area contributed by atoms with E-state index in [1.807, 2.05) is 36.4 Å². The number of ether oxygens (including phenoxy) is 2. The Morgan fingerprint density at radius 2 is 1.44 bits per heavy atom. The smallest absolute Gasteiger partial charge is 0.360 e. The lowest BCUT2D eigenvalue weighted by Crippen LogP contribution is -2.60. The third kappa shape index (κ3) is 4.45. The molecule has 0 N–H and O–H groups in total. The van der Waals surface area contributed by atoms with Gasteiger partial charge in [-0.05, 0) is 6.42 Å². The van der Waals surface area contributed by atoms with Gasteiger partial charge in [0.2, 0.25) is 0 Å². The van der Waals surface area contributed by atoms with Gasteiger partial charge < -0.3 is 14.0 Å². The summed E-state index contributed by atoms with van der Waals surface area (Å²) >= 11 is 0. The van der Waals surface area contributed by atoms with Crippen molar-refractivity contribution in [1.29, 1.82) is 0 Å². The van der Waals surface area contributed by atoms with E-state index >= 15 is 0 Å². The summed E-state index contributed by atoms with van der Waals surface area (Å²) in [5.41, 5.74) is -0.625. The molecule has 3 aliphatic heterocycles. The van der Waals surface area contributed by atoms with Gasteiger partial charge in [0.15, 0.2) is 0 Å². The van der Waals surface area contributed by atoms with E-state index in [0.29, 0.717) is 23.2 Å². The third-order valence-electron chi connectivity index (χ3n) is 8.58. The lowest BCUT2D eigenvalue weighted by Gasteiger charge is -2.47. The van der Waals surface area contributed by atoms with Gasteiger partial charge in [0.25, 0.3) is 5.60 Å². The fourth-order valence-electron chi connectivity index (χ4n) is 6.96. The first-order chi connectivity index (χ1) is 17.6. The first-order valence-corrected chi connectivity index (χ1v) is 13.3. The highest BCUT2D eigenvalue weighted by Crippen LogP contribution is 2.47. The Morgan fingerprint density at radius 1 is 0.889 bits per heavy atom. The highest BCUT2D eigenvalue weighted by Gasteiger charge is 2.57. The fourth-order valence-corrected chi connectivity index (χ4v) is 6.96. The molecule has 3 heterocycles. The van der Waals surface area contributed by atoms with E-state index in [1.54, 1.807) is 24.3 Å². The standard InChI is InChI=1S/C29H35N2O5/c32-27(14-9-17-30-34)36-29(22-10-3-1-4-11-22,23-12-5-2-6-13-23)28(33)35-26-20-24-15-16-25(21-26)31(24)18-7-8-19-31/h1-6,10-13,24-26H,7-9,14-21H2/q+1. The number of nitroso groups, excluding NO2 is 1. The molecule has 0 aromatic heterocycles. The summed E-state index contributed by atoms with van der Waals surface area (Å²) in [6, 6.07) is 19.3. The second kappa shape index (κ2) is 10.5. The molecule has 3 fully saturated rings. The zero-order valence-electron chi connectivity index (χ0n) is 20.7. The zero-order valence-corrected chi connectivity index (χ0v) is 20.7. The zero-order chi connectivity index (χ0) is 25.0. The van der Waals surface area contributed by atoms with Gasteiger partial charge in [0.05, 0.1) is 31.7 Å². The summed E-state index contributed by atoms with van der Waals surface area (Å²) in [7, 11) is 0. The summed E-state index contributed by atoms with van der Waals surface area (Å²) in [4.78, 5) is 37.7. The van der Waals surface area contributed by atoms with Crippen LogP contribution in [0.15, 0.2) is 65.8 Å². The Labute approximate surface area is 212 Å². The van der Waals surface area contributed by atoms with Crippen LogP contribution in [-0.2, 0) is 24.7 Å². The molecule has 7 heteroatoms. The van der Waals surface area contributed by atoms with E-state index in [4.69, 9.17) is 9.47 Å². The van der Waals surface area contributed by atoms with E-state index in [-0.39, 0.29) is 25.5 Å². The van der Waals surface area contributed by atoms with Gasteiger partial charge in [0, 0.05) is 56.1 Å². The monoisotopic (exact) mass is 491 g/mol. The molecule has 2 atom stereocenters. The van der Waals surface area contributed by atoms with Crippen LogP contribution < -0.4 is 0 Å². The molecule has 5 rings (SSSR count). The fraction of sp³-hybridized carbons (Fsp3) is 0.517. The van der Waals surface area contributed by atoms with Crippen LogP contribution in [0, 0.1) is 4.91 Å². The Morgan fingerprint density at radius 3 is 1.97 bits per heavy atom. The van der Waals surface area contributed by atoms with Crippen molar-refractivity contribution in [3.05, 3.63) is 76.7 Å². The molecule has 3 saturated heterocycles. The van der Waals surface area contributed by atoms with Crippen LogP contribution in [0.25, 0.3) is 0 Å². The lowest BCUT2D eigenvalue weighted by atomic mass is 9.85. The molecule has 0 saturated carbocycles. The molecule has 7 nitrogen and oxygen atoms in total. The van der Waals surface area contributed by atoms with Crippen LogP contribution >= 0.6 is 0 Å². The van der Waals surface area contributed by atoms with Gasteiger partial charge >= 0.3 is 11.9 Å². The van der Waals surface area contributed by atoms with Crippen molar-refractivity contribution < 1.29 is 23.5 Å². The number of rotatable bonds is 9. The topological polar surface area (TPSA) is 82.0 Å². The molecule has 190 valence electrons. The van der Waals surface area contributed by atoms with Crippen molar-refractivity contribution in [1.82, 2.24) is 0 Å². The van der Waals surface area contributed by atoms with Crippen molar-refractivity contribution in [2.24, 2.45) is 5.18 Å². The number of hydrogen-bond donors (Lipinski definition) is 0. The van der Waals surface area contributed by atoms with Crippen LogP contribution in [0.1, 0.15) is 62.5 Å². The van der Waals surface area contributed by atoms with Gasteiger partial charge in [-0.2, -0.15) is 4.91 Å². The highest BCUT2D eigenvalue weighted by molar-refractivity contribution is 5.89. The molecule has 3 aliphatic rings. The number of nitrogens with zero attached hydrogens (tertiary/aromatic N) is 2. The molecule has 0 amide bonds. The lowest BCUT2D eigenvalue weighted by molar-refractivity contribution is -0.956. The minimum absolute atomic E-state index is 0.00594. The molecule has 1 spiro atoms. The number of hydrogen-bond acceptors (Lipinski definition) is 6. The molecule has 2 bridgehead atoms. The summed E-state index contributed by atoms with van der Waals surface area (Å²) in [5, 5.41) is 2.83. The Bertz CT molecular complexity index is 1010. The molecule has 2 unspecified atom stereocenters. The van der Waals surface area contributed by atoms with Crippen LogP contribution in [0.5, 0.6) is 0 Å². The maximum absolute atomic E-state index is 14.2. The first-order valence-electron chi connectivity index (χ1n) is 13.3. The quantitative estimate of drug-likeness (QED) is 0.216. The maximum atomic E-state index is 14.2. The normalized spacial score (nSPS) is 24.4. The van der Waals surface area contributed by atoms with E-state index < -0.39 is 17.5 Å². The maximum Gasteiger partial charge on any atom is 0.360 e. The van der Waals surface area contributed by atoms with Crippen LogP contribution in [0.3, 0.4) is 0 Å². The summed E-state index contributed by atoms with van der Waals surface area (Å²) in [6.07, 6.45) is 6.76. The van der Waals surface area contributed by atoms with Gasteiger partial charge in [-0.25, -0.2) is 4.79 Å². The molecule has 2 aromatic rings. The van der Waals surface area contributed by atoms with E-state index in [0.717, 1.165) is 12.8 Å². The molecular weight excluding hydrogens is 456 g/mol. The van der Waals surface area contributed by atoms with E-state index in [2.05, 4.69) is 5.18 Å². The SMILES string of the molecule is O=NCCCC(=O)OC(C(=O)OC1CC2CCC(C1)[N+]21CCCC1)(c1ccccc1)c1ccccc1. The Hall–Kier alpha value is -3.06. The van der Waals surface area contributed by atoms with E-state index in [9.17, 15) is 14.5 Å². The van der Waals surface area contributed by atoms with Crippen molar-refractivity contribution in [2.45, 2.75) is 75.2 Å². The second-order valence-electron chi connectivity index (χ2n) is 10.5. The minimum Gasteiger partial charge on any atom is -0.458 e. The van der Waals surface area contributed by atoms with Crippen LogP contribution in [-0.4, -0.2) is 54.2 Å². The van der Waals surface area contributed by atoms with Crippen molar-refractivity contribution >= 4 is 11.9 Å². The summed E-state index contributed by atoms with van der Waals surface area (Å²) in [5.74, 6) is -1.12. The molecule has 0 aliphatic carbocycles. The largest absolute Gasteiger partial charge is 0.458 e. The predicted molar refractivity (Wildman–Crippen MR) is 135 cm³/mol. The third-order valence-corrected chi connectivity index (χ3v) is 8.58. The van der Waals surface area contributed by atoms with Crippen molar-refractivity contribution in [3.63, 3.8) is 0 Å². The number of piperidine rings is 1. The number of benzene rings is 2. The molecule has 2 aromatic carbocycles. The van der Waals surface area contributed by atoms with Crippen LogP contribution in [0.4, 0.5) is 0 Å². The molecule has 0 radical (unpaired) electrons. The highest BCUT2D eigenvalue weighted by atomic mass is 16.6. The number of esters is 2. The first kappa shape index (κ1) is 24.6.